The Bertz CT molecular complexity index is 813. The van der Waals surface area contributed by atoms with E-state index in [1.54, 1.807) is 6.07 Å². The molecule has 4 nitrogen and oxygen atoms in total. The van der Waals surface area contributed by atoms with Crippen molar-refractivity contribution in [1.29, 1.82) is 0 Å². The van der Waals surface area contributed by atoms with Gasteiger partial charge >= 0.3 is 0 Å². The summed E-state index contributed by atoms with van der Waals surface area (Å²) in [6, 6.07) is 14.1. The van der Waals surface area contributed by atoms with Crippen molar-refractivity contribution in [2.45, 2.75) is 64.7 Å². The van der Waals surface area contributed by atoms with Crippen LogP contribution < -0.4 is 5.32 Å². The molecule has 2 unspecified atom stereocenters. The summed E-state index contributed by atoms with van der Waals surface area (Å²) in [5, 5.41) is 23.7. The fourth-order valence-corrected chi connectivity index (χ4v) is 3.85. The fraction of sp³-hybridized carbons (Fsp3) is 0.520. The smallest absolute Gasteiger partial charge is 0.118 e. The lowest BCUT2D eigenvalue weighted by Crippen LogP contribution is -2.46. The quantitative estimate of drug-likeness (QED) is 0.554. The van der Waals surface area contributed by atoms with Gasteiger partial charge in [-0.05, 0) is 81.2 Å². The maximum Gasteiger partial charge on any atom is 0.118 e. The normalized spacial score (nSPS) is 16.6. The van der Waals surface area contributed by atoms with E-state index in [9.17, 15) is 10.2 Å². The lowest BCUT2D eigenvalue weighted by Gasteiger charge is -2.29. The molecule has 29 heavy (non-hydrogen) atoms. The molecule has 4 heteroatoms. The summed E-state index contributed by atoms with van der Waals surface area (Å²) in [7, 11) is 0. The highest BCUT2D eigenvalue weighted by molar-refractivity contribution is 5.35. The molecule has 2 atom stereocenters. The second-order valence-corrected chi connectivity index (χ2v) is 9.16. The third-order valence-corrected chi connectivity index (χ3v) is 5.74. The molecular formula is C25H35NO3. The van der Waals surface area contributed by atoms with Crippen LogP contribution in [0.1, 0.15) is 55.0 Å². The van der Waals surface area contributed by atoms with Gasteiger partial charge in [-0.25, -0.2) is 0 Å². The van der Waals surface area contributed by atoms with Crippen molar-refractivity contribution < 1.29 is 14.9 Å². The van der Waals surface area contributed by atoms with Gasteiger partial charge in [0.05, 0.1) is 18.8 Å². The predicted octanol–water partition coefficient (Wildman–Crippen LogP) is 4.45. The van der Waals surface area contributed by atoms with Gasteiger partial charge in [0.25, 0.3) is 0 Å². The zero-order chi connectivity index (χ0) is 21.0. The number of β-amino-alcohol motifs (C(OH)–C–C–N with tert-alkyl or cyclic N) is 1. The molecule has 3 N–H and O–H groups in total. The van der Waals surface area contributed by atoms with Crippen molar-refractivity contribution in [3.63, 3.8) is 0 Å². The molecule has 1 aliphatic rings. The minimum absolute atomic E-state index is 0.0823. The van der Waals surface area contributed by atoms with Gasteiger partial charge in [-0.3, -0.25) is 0 Å². The molecule has 0 aromatic heterocycles. The molecule has 158 valence electrons. The summed E-state index contributed by atoms with van der Waals surface area (Å²) in [6.45, 7) is 9.10. The summed E-state index contributed by atoms with van der Waals surface area (Å²) in [4.78, 5) is 0. The summed E-state index contributed by atoms with van der Waals surface area (Å²) < 4.78 is 6.19. The lowest BCUT2D eigenvalue weighted by atomic mass is 9.93. The zero-order valence-electron chi connectivity index (χ0n) is 18.1. The lowest BCUT2D eigenvalue weighted by molar-refractivity contribution is -0.0213. The largest absolute Gasteiger partial charge is 0.508 e. The summed E-state index contributed by atoms with van der Waals surface area (Å²) in [6.07, 6.45) is 2.74. The molecule has 1 fully saturated rings. The van der Waals surface area contributed by atoms with Crippen LogP contribution in [0.4, 0.5) is 0 Å². The standard InChI is InChI=1S/C25H35NO3/c1-17-7-5-6-8-22(17)24(20-10-11-20)29-16-21(27)15-26-25(3,4)14-19-9-12-23(28)18(2)13-19/h5-9,12-13,20-21,24,26-28H,10-11,14-16H2,1-4H3. The van der Waals surface area contributed by atoms with E-state index in [2.05, 4.69) is 50.4 Å². The summed E-state index contributed by atoms with van der Waals surface area (Å²) in [5.41, 5.74) is 4.38. The molecule has 1 aliphatic carbocycles. The number of nitrogens with one attached hydrogen (secondary N) is 1. The van der Waals surface area contributed by atoms with Crippen LogP contribution in [0, 0.1) is 19.8 Å². The first-order chi connectivity index (χ1) is 13.7. The van der Waals surface area contributed by atoms with Gasteiger partial charge in [0.1, 0.15) is 5.75 Å². The molecule has 2 aromatic carbocycles. The number of rotatable bonds is 10. The Morgan fingerprint density at radius 3 is 2.48 bits per heavy atom. The van der Waals surface area contributed by atoms with Crippen molar-refractivity contribution in [3.05, 3.63) is 64.7 Å². The molecule has 0 heterocycles. The number of hydrogen-bond donors (Lipinski definition) is 3. The topological polar surface area (TPSA) is 61.7 Å². The van der Waals surface area contributed by atoms with Crippen LogP contribution >= 0.6 is 0 Å². The van der Waals surface area contributed by atoms with Crippen molar-refractivity contribution in [2.24, 2.45) is 5.92 Å². The Balaban J connectivity index is 1.50. The summed E-state index contributed by atoms with van der Waals surface area (Å²) >= 11 is 0. The van der Waals surface area contributed by atoms with Crippen LogP contribution in [0.15, 0.2) is 42.5 Å². The van der Waals surface area contributed by atoms with E-state index in [0.717, 1.165) is 17.5 Å². The number of aliphatic hydroxyl groups is 1. The average Bonchev–Trinajstić information content (AvgIpc) is 3.50. The van der Waals surface area contributed by atoms with Crippen LogP contribution in [0.3, 0.4) is 0 Å². The maximum atomic E-state index is 10.5. The van der Waals surface area contributed by atoms with Crippen LogP contribution in [0.2, 0.25) is 0 Å². The molecule has 3 rings (SSSR count). The van der Waals surface area contributed by atoms with E-state index in [0.29, 0.717) is 24.8 Å². The van der Waals surface area contributed by atoms with Crippen LogP contribution in [-0.2, 0) is 11.2 Å². The number of phenols is 1. The third kappa shape index (κ3) is 6.30. The molecule has 0 radical (unpaired) electrons. The minimum Gasteiger partial charge on any atom is -0.508 e. The van der Waals surface area contributed by atoms with Crippen molar-refractivity contribution in [2.75, 3.05) is 13.2 Å². The second kappa shape index (κ2) is 9.29. The van der Waals surface area contributed by atoms with E-state index in [1.807, 2.05) is 19.1 Å². The van der Waals surface area contributed by atoms with Gasteiger partial charge < -0.3 is 20.3 Å². The second-order valence-electron chi connectivity index (χ2n) is 9.16. The molecule has 0 aliphatic heterocycles. The number of benzene rings is 2. The average molecular weight is 398 g/mol. The van der Waals surface area contributed by atoms with Crippen molar-refractivity contribution in [1.82, 2.24) is 5.32 Å². The van der Waals surface area contributed by atoms with E-state index in [1.165, 1.54) is 24.0 Å². The molecule has 0 bridgehead atoms. The molecule has 0 spiro atoms. The van der Waals surface area contributed by atoms with Gasteiger partial charge in [0.15, 0.2) is 0 Å². The number of aliphatic hydroxyl groups excluding tert-OH is 1. The first kappa shape index (κ1) is 21.8. The molecule has 0 amide bonds. The molecule has 0 saturated heterocycles. The van der Waals surface area contributed by atoms with E-state index < -0.39 is 6.10 Å². The Labute approximate surface area is 174 Å². The highest BCUT2D eigenvalue weighted by Crippen LogP contribution is 2.44. The van der Waals surface area contributed by atoms with Crippen molar-refractivity contribution >= 4 is 0 Å². The first-order valence-electron chi connectivity index (χ1n) is 10.6. The first-order valence-corrected chi connectivity index (χ1v) is 10.6. The highest BCUT2D eigenvalue weighted by atomic mass is 16.5. The number of ether oxygens (including phenoxy) is 1. The SMILES string of the molecule is Cc1cc(CC(C)(C)NCC(O)COC(c2ccccc2C)C2CC2)ccc1O. The monoisotopic (exact) mass is 397 g/mol. The predicted molar refractivity (Wildman–Crippen MR) is 117 cm³/mol. The van der Waals surface area contributed by atoms with Gasteiger partial charge in [0, 0.05) is 12.1 Å². The number of aryl methyl sites for hydroxylation is 2. The van der Waals surface area contributed by atoms with Crippen LogP contribution in [0.25, 0.3) is 0 Å². The Hall–Kier alpha value is -1.88. The number of phenolic OH excluding ortho intramolecular Hbond substituents is 1. The fourth-order valence-electron chi connectivity index (χ4n) is 3.85. The maximum absolute atomic E-state index is 10.5. The van der Waals surface area contributed by atoms with Crippen LogP contribution in [0.5, 0.6) is 5.75 Å². The molecule has 1 saturated carbocycles. The third-order valence-electron chi connectivity index (χ3n) is 5.74. The highest BCUT2D eigenvalue weighted by Gasteiger charge is 2.34. The van der Waals surface area contributed by atoms with Gasteiger partial charge in [-0.1, -0.05) is 36.4 Å². The zero-order valence-corrected chi connectivity index (χ0v) is 18.1. The van der Waals surface area contributed by atoms with Gasteiger partial charge in [-0.15, -0.1) is 0 Å². The Morgan fingerprint density at radius 2 is 1.83 bits per heavy atom. The van der Waals surface area contributed by atoms with E-state index >= 15 is 0 Å². The van der Waals surface area contributed by atoms with Gasteiger partial charge in [0.2, 0.25) is 0 Å². The summed E-state index contributed by atoms with van der Waals surface area (Å²) in [5.74, 6) is 0.899. The molecule has 2 aromatic rings. The van der Waals surface area contributed by atoms with Crippen LogP contribution in [-0.4, -0.2) is 35.0 Å². The van der Waals surface area contributed by atoms with Crippen molar-refractivity contribution in [3.8, 4) is 5.75 Å². The number of aromatic hydroxyl groups is 1. The van der Waals surface area contributed by atoms with Gasteiger partial charge in [-0.2, -0.15) is 0 Å². The number of hydrogen-bond acceptors (Lipinski definition) is 4. The minimum atomic E-state index is -0.555. The Morgan fingerprint density at radius 1 is 1.10 bits per heavy atom. The molecular weight excluding hydrogens is 362 g/mol. The Kier molecular flexibility index (Phi) is 6.99. The van der Waals surface area contributed by atoms with E-state index in [-0.39, 0.29) is 11.6 Å². The van der Waals surface area contributed by atoms with E-state index in [4.69, 9.17) is 4.74 Å².